The zero-order valence-electron chi connectivity index (χ0n) is 5.73. The minimum absolute atomic E-state index is 0.260. The average Bonchev–Trinajstić information content (AvgIpc) is 2.27. The van der Waals surface area contributed by atoms with Crippen LogP contribution in [0.4, 0.5) is 11.6 Å². The van der Waals surface area contributed by atoms with Crippen LogP contribution < -0.4 is 11.5 Å². The van der Waals surface area contributed by atoms with Crippen LogP contribution in [0.5, 0.6) is 0 Å². The van der Waals surface area contributed by atoms with Gasteiger partial charge in [0.15, 0.2) is 5.65 Å². The number of nitrogen functional groups attached to an aromatic ring is 2. The summed E-state index contributed by atoms with van der Waals surface area (Å²) in [5.74, 6) is 0.260. The molecule has 0 aliphatic rings. The third-order valence-corrected chi connectivity index (χ3v) is 1.37. The molecule has 0 aliphatic carbocycles. The molecule has 2 rings (SSSR count). The summed E-state index contributed by atoms with van der Waals surface area (Å²) in [6.45, 7) is 0. The quantitative estimate of drug-likeness (QED) is 0.547. The zero-order chi connectivity index (χ0) is 7.84. The monoisotopic (exact) mass is 149 g/mol. The topological polar surface area (TPSA) is 82.2 Å². The van der Waals surface area contributed by atoms with Gasteiger partial charge in [-0.2, -0.15) is 4.98 Å². The Balaban J connectivity index is 2.82. The van der Waals surface area contributed by atoms with Crippen molar-refractivity contribution >= 4 is 17.3 Å². The fourth-order valence-electron chi connectivity index (χ4n) is 0.916. The number of nitrogens with two attached hydrogens (primary N) is 2. The Hall–Kier alpha value is -1.78. The number of fused-ring (bicyclic) bond motifs is 1. The van der Waals surface area contributed by atoms with Crippen LogP contribution in [0.15, 0.2) is 18.3 Å². The molecule has 0 amide bonds. The smallest absolute Gasteiger partial charge is 0.240 e. The molecule has 5 heteroatoms. The van der Waals surface area contributed by atoms with Gasteiger partial charge in [0.05, 0.1) is 11.9 Å². The SMILES string of the molecule is Nc1ccc2nc(N)nn2c1. The largest absolute Gasteiger partial charge is 0.397 e. The van der Waals surface area contributed by atoms with Crippen LogP contribution in [0.3, 0.4) is 0 Å². The summed E-state index contributed by atoms with van der Waals surface area (Å²) in [5.41, 5.74) is 12.2. The van der Waals surface area contributed by atoms with E-state index < -0.39 is 0 Å². The molecule has 11 heavy (non-hydrogen) atoms. The molecule has 0 atom stereocenters. The van der Waals surface area contributed by atoms with Crippen molar-refractivity contribution in [3.63, 3.8) is 0 Å². The lowest BCUT2D eigenvalue weighted by Gasteiger charge is -1.91. The van der Waals surface area contributed by atoms with E-state index in [1.54, 1.807) is 22.8 Å². The number of rotatable bonds is 0. The van der Waals surface area contributed by atoms with Crippen molar-refractivity contribution in [1.29, 1.82) is 0 Å². The Morgan fingerprint density at radius 2 is 2.09 bits per heavy atom. The zero-order valence-corrected chi connectivity index (χ0v) is 5.73. The van der Waals surface area contributed by atoms with Gasteiger partial charge in [0.1, 0.15) is 0 Å². The van der Waals surface area contributed by atoms with Crippen LogP contribution >= 0.6 is 0 Å². The lowest BCUT2D eigenvalue weighted by molar-refractivity contribution is 0.970. The van der Waals surface area contributed by atoms with Crippen molar-refractivity contribution in [2.75, 3.05) is 11.5 Å². The first-order valence-electron chi connectivity index (χ1n) is 3.13. The van der Waals surface area contributed by atoms with Crippen molar-refractivity contribution in [3.05, 3.63) is 18.3 Å². The Labute approximate surface area is 62.6 Å². The van der Waals surface area contributed by atoms with E-state index >= 15 is 0 Å². The lowest BCUT2D eigenvalue weighted by atomic mass is 10.4. The van der Waals surface area contributed by atoms with Crippen molar-refractivity contribution < 1.29 is 0 Å². The molecule has 0 spiro atoms. The molecule has 0 radical (unpaired) electrons. The number of hydrogen-bond donors (Lipinski definition) is 2. The highest BCUT2D eigenvalue weighted by molar-refractivity contribution is 5.48. The van der Waals surface area contributed by atoms with E-state index in [9.17, 15) is 0 Å². The Morgan fingerprint density at radius 1 is 1.27 bits per heavy atom. The average molecular weight is 149 g/mol. The van der Waals surface area contributed by atoms with Gasteiger partial charge in [0.2, 0.25) is 5.95 Å². The Morgan fingerprint density at radius 3 is 2.91 bits per heavy atom. The number of anilines is 2. The van der Waals surface area contributed by atoms with Crippen LogP contribution in [-0.2, 0) is 0 Å². The molecular formula is C6H7N5. The highest BCUT2D eigenvalue weighted by Gasteiger charge is 1.97. The highest BCUT2D eigenvalue weighted by atomic mass is 15.3. The lowest BCUT2D eigenvalue weighted by Crippen LogP contribution is -1.92. The molecular weight excluding hydrogens is 142 g/mol. The number of pyridine rings is 1. The molecule has 0 aliphatic heterocycles. The predicted molar refractivity (Wildman–Crippen MR) is 41.8 cm³/mol. The van der Waals surface area contributed by atoms with Gasteiger partial charge in [-0.3, -0.25) is 0 Å². The Kier molecular flexibility index (Phi) is 1.00. The van der Waals surface area contributed by atoms with E-state index in [0.29, 0.717) is 11.3 Å². The maximum Gasteiger partial charge on any atom is 0.240 e. The summed E-state index contributed by atoms with van der Waals surface area (Å²) in [6.07, 6.45) is 1.67. The second-order valence-electron chi connectivity index (χ2n) is 2.24. The van der Waals surface area contributed by atoms with Gasteiger partial charge in [0, 0.05) is 0 Å². The van der Waals surface area contributed by atoms with Crippen LogP contribution in [0, 0.1) is 0 Å². The highest BCUT2D eigenvalue weighted by Crippen LogP contribution is 2.05. The van der Waals surface area contributed by atoms with Gasteiger partial charge in [0.25, 0.3) is 0 Å². The number of aromatic nitrogens is 3. The summed E-state index contributed by atoms with van der Waals surface area (Å²) in [5, 5.41) is 3.88. The first kappa shape index (κ1) is 5.96. The molecule has 2 aromatic heterocycles. The summed E-state index contributed by atoms with van der Waals surface area (Å²) in [7, 11) is 0. The van der Waals surface area contributed by atoms with Crippen LogP contribution in [0.2, 0.25) is 0 Å². The van der Waals surface area contributed by atoms with Crippen LogP contribution in [0.1, 0.15) is 0 Å². The van der Waals surface area contributed by atoms with Gasteiger partial charge < -0.3 is 11.5 Å². The number of hydrogen-bond acceptors (Lipinski definition) is 4. The van der Waals surface area contributed by atoms with E-state index in [0.717, 1.165) is 0 Å². The molecule has 56 valence electrons. The van der Waals surface area contributed by atoms with Crippen molar-refractivity contribution in [2.45, 2.75) is 0 Å². The van der Waals surface area contributed by atoms with Crippen LogP contribution in [0.25, 0.3) is 5.65 Å². The van der Waals surface area contributed by atoms with E-state index in [1.165, 1.54) is 0 Å². The predicted octanol–water partition coefficient (Wildman–Crippen LogP) is -0.106. The van der Waals surface area contributed by atoms with Crippen molar-refractivity contribution in [3.8, 4) is 0 Å². The second-order valence-corrected chi connectivity index (χ2v) is 2.24. The summed E-state index contributed by atoms with van der Waals surface area (Å²) >= 11 is 0. The molecule has 0 saturated heterocycles. The summed E-state index contributed by atoms with van der Waals surface area (Å²) in [6, 6.07) is 3.52. The van der Waals surface area contributed by atoms with Gasteiger partial charge in [-0.15, -0.1) is 5.10 Å². The number of nitrogens with zero attached hydrogens (tertiary/aromatic N) is 3. The standard InChI is InChI=1S/C6H7N5/c7-4-1-2-5-9-6(8)10-11(5)3-4/h1-3H,7H2,(H2,8,10). The first-order valence-corrected chi connectivity index (χ1v) is 3.13. The van der Waals surface area contributed by atoms with E-state index in [4.69, 9.17) is 11.5 Å². The minimum Gasteiger partial charge on any atom is -0.397 e. The molecule has 0 fully saturated rings. The van der Waals surface area contributed by atoms with Gasteiger partial charge in [-0.05, 0) is 12.1 Å². The second kappa shape index (κ2) is 1.85. The molecule has 2 heterocycles. The molecule has 0 bridgehead atoms. The van der Waals surface area contributed by atoms with Gasteiger partial charge in [-0.25, -0.2) is 4.52 Å². The maximum atomic E-state index is 5.50. The maximum absolute atomic E-state index is 5.50. The molecule has 5 nitrogen and oxygen atoms in total. The fraction of sp³-hybridized carbons (Fsp3) is 0. The minimum atomic E-state index is 0.260. The normalized spacial score (nSPS) is 10.5. The van der Waals surface area contributed by atoms with E-state index in [-0.39, 0.29) is 5.95 Å². The summed E-state index contributed by atoms with van der Waals surface area (Å²) < 4.78 is 1.55. The molecule has 4 N–H and O–H groups in total. The Bertz CT molecular complexity index is 391. The third kappa shape index (κ3) is 0.861. The van der Waals surface area contributed by atoms with Gasteiger partial charge in [-0.1, -0.05) is 0 Å². The van der Waals surface area contributed by atoms with Crippen molar-refractivity contribution in [2.24, 2.45) is 0 Å². The van der Waals surface area contributed by atoms with Gasteiger partial charge >= 0.3 is 0 Å². The third-order valence-electron chi connectivity index (χ3n) is 1.37. The fourth-order valence-corrected chi connectivity index (χ4v) is 0.916. The summed E-state index contributed by atoms with van der Waals surface area (Å²) in [4.78, 5) is 3.93. The van der Waals surface area contributed by atoms with Crippen molar-refractivity contribution in [1.82, 2.24) is 14.6 Å². The molecule has 0 saturated carbocycles. The molecule has 0 aromatic carbocycles. The molecule has 0 unspecified atom stereocenters. The molecule has 2 aromatic rings. The van der Waals surface area contributed by atoms with E-state index in [1.807, 2.05) is 0 Å². The van der Waals surface area contributed by atoms with Crippen LogP contribution in [-0.4, -0.2) is 14.6 Å². The van der Waals surface area contributed by atoms with E-state index in [2.05, 4.69) is 10.1 Å². The first-order chi connectivity index (χ1) is 5.25.